The lowest BCUT2D eigenvalue weighted by Crippen LogP contribution is -1.92. The van der Waals surface area contributed by atoms with E-state index in [1.807, 2.05) is 0 Å². The van der Waals surface area contributed by atoms with E-state index < -0.39 is 0 Å². The highest BCUT2D eigenvalue weighted by molar-refractivity contribution is 6.27. The lowest BCUT2D eigenvalue weighted by Gasteiger charge is -2.15. The normalized spacial score (nSPS) is 12.5. The summed E-state index contributed by atoms with van der Waals surface area (Å²) in [5.41, 5.74) is 13.1. The van der Waals surface area contributed by atoms with Crippen LogP contribution in [0, 0.1) is 0 Å². The summed E-state index contributed by atoms with van der Waals surface area (Å²) in [7, 11) is 0. The Morgan fingerprint density at radius 2 is 0.875 bits per heavy atom. The highest BCUT2D eigenvalue weighted by Crippen LogP contribution is 2.45. The minimum absolute atomic E-state index is 0.443. The van der Waals surface area contributed by atoms with Gasteiger partial charge >= 0.3 is 0 Å². The van der Waals surface area contributed by atoms with Gasteiger partial charge in [0.05, 0.1) is 16.6 Å². The van der Waals surface area contributed by atoms with Crippen LogP contribution in [-0.4, -0.2) is 4.40 Å². The summed E-state index contributed by atoms with van der Waals surface area (Å²) in [5, 5.41) is 10.5. The van der Waals surface area contributed by atoms with E-state index >= 15 is 0 Å². The van der Waals surface area contributed by atoms with Gasteiger partial charge in [0.1, 0.15) is 0 Å². The molecule has 0 radical (unpaired) electrons. The molecule has 0 saturated heterocycles. The van der Waals surface area contributed by atoms with Crippen molar-refractivity contribution in [1.29, 1.82) is 0 Å². The standard InChI is InChI=1S/C47H41N/c1-27(2)31-12-14-34-25-45-41(21-36(34)18-31)43-23-38(40-20-33(29(5)6)16-17-39(40)30-10-8-7-9-11-30)24-44-42-22-37-19-32(28(3)4)13-15-35(37)26-46(42)48(45)47(43)44/h7-29H,1-6H3. The Labute approximate surface area is 282 Å². The first-order valence-electron chi connectivity index (χ1n) is 17.6. The van der Waals surface area contributed by atoms with Crippen molar-refractivity contribution in [2.75, 3.05) is 0 Å². The van der Waals surface area contributed by atoms with Crippen molar-refractivity contribution in [3.05, 3.63) is 138 Å². The van der Waals surface area contributed by atoms with E-state index in [2.05, 4.69) is 167 Å². The van der Waals surface area contributed by atoms with Crippen molar-refractivity contribution in [1.82, 2.24) is 4.40 Å². The van der Waals surface area contributed by atoms with Gasteiger partial charge in [0, 0.05) is 21.5 Å². The maximum Gasteiger partial charge on any atom is 0.0620 e. The molecule has 9 aromatic rings. The Morgan fingerprint density at radius 3 is 1.40 bits per heavy atom. The van der Waals surface area contributed by atoms with Crippen LogP contribution >= 0.6 is 0 Å². The molecule has 9 rings (SSSR count). The summed E-state index contributed by atoms with van der Waals surface area (Å²) in [6.07, 6.45) is 0. The smallest absolute Gasteiger partial charge is 0.0620 e. The highest BCUT2D eigenvalue weighted by atomic mass is 14.9. The molecule has 48 heavy (non-hydrogen) atoms. The second-order valence-electron chi connectivity index (χ2n) is 14.8. The molecule has 0 fully saturated rings. The molecule has 0 aliphatic rings. The molecule has 234 valence electrons. The van der Waals surface area contributed by atoms with E-state index in [1.165, 1.54) is 98.6 Å². The van der Waals surface area contributed by atoms with Crippen molar-refractivity contribution >= 4 is 59.6 Å². The minimum atomic E-state index is 0.443. The van der Waals surface area contributed by atoms with Crippen molar-refractivity contribution in [2.45, 2.75) is 59.3 Å². The molecule has 2 aromatic heterocycles. The molecular weight excluding hydrogens is 579 g/mol. The quantitative estimate of drug-likeness (QED) is 0.181. The van der Waals surface area contributed by atoms with E-state index in [9.17, 15) is 0 Å². The average Bonchev–Trinajstić information content (AvgIpc) is 3.59. The van der Waals surface area contributed by atoms with E-state index in [4.69, 9.17) is 0 Å². The van der Waals surface area contributed by atoms with Gasteiger partial charge in [-0.15, -0.1) is 0 Å². The molecule has 0 spiro atoms. The van der Waals surface area contributed by atoms with E-state index in [0.717, 1.165) is 0 Å². The molecular formula is C47H41N. The van der Waals surface area contributed by atoms with Crippen LogP contribution in [0.25, 0.3) is 81.9 Å². The number of benzene rings is 7. The molecule has 0 aliphatic carbocycles. The number of rotatable bonds is 5. The Balaban J connectivity index is 1.44. The summed E-state index contributed by atoms with van der Waals surface area (Å²) < 4.78 is 2.55. The van der Waals surface area contributed by atoms with E-state index in [1.54, 1.807) is 0 Å². The summed E-state index contributed by atoms with van der Waals surface area (Å²) in [6, 6.07) is 46.7. The summed E-state index contributed by atoms with van der Waals surface area (Å²) in [4.78, 5) is 0. The molecule has 0 aliphatic heterocycles. The number of hydrogen-bond acceptors (Lipinski definition) is 0. The van der Waals surface area contributed by atoms with Gasteiger partial charge in [-0.05, 0) is 115 Å². The molecule has 7 aromatic carbocycles. The summed E-state index contributed by atoms with van der Waals surface area (Å²) in [5.74, 6) is 1.42. The fourth-order valence-corrected chi connectivity index (χ4v) is 7.97. The lowest BCUT2D eigenvalue weighted by atomic mass is 9.89. The second-order valence-corrected chi connectivity index (χ2v) is 14.8. The van der Waals surface area contributed by atoms with Crippen LogP contribution in [0.15, 0.2) is 121 Å². The van der Waals surface area contributed by atoms with Crippen molar-refractivity contribution in [3.8, 4) is 22.3 Å². The third-order valence-electron chi connectivity index (χ3n) is 10.8. The van der Waals surface area contributed by atoms with Gasteiger partial charge in [-0.3, -0.25) is 0 Å². The molecule has 0 unspecified atom stereocenters. The number of fused-ring (bicyclic) bond motifs is 8. The predicted molar refractivity (Wildman–Crippen MR) is 209 cm³/mol. The van der Waals surface area contributed by atoms with Crippen LogP contribution in [0.1, 0.15) is 76.0 Å². The first-order chi connectivity index (χ1) is 23.2. The summed E-state index contributed by atoms with van der Waals surface area (Å²) >= 11 is 0. The third-order valence-corrected chi connectivity index (χ3v) is 10.8. The summed E-state index contributed by atoms with van der Waals surface area (Å²) in [6.45, 7) is 13.7. The Hall–Kier alpha value is -5.14. The first kappa shape index (κ1) is 29.0. The van der Waals surface area contributed by atoms with Gasteiger partial charge in [-0.25, -0.2) is 0 Å². The predicted octanol–water partition coefficient (Wildman–Crippen LogP) is 13.8. The number of hydrogen-bond donors (Lipinski definition) is 0. The zero-order chi connectivity index (χ0) is 32.8. The molecule has 1 nitrogen and oxygen atoms in total. The van der Waals surface area contributed by atoms with Crippen LogP contribution < -0.4 is 0 Å². The number of nitrogens with zero attached hydrogens (tertiary/aromatic N) is 1. The molecule has 2 heterocycles. The van der Waals surface area contributed by atoms with Crippen LogP contribution in [0.3, 0.4) is 0 Å². The molecule has 1 heteroatoms. The van der Waals surface area contributed by atoms with Gasteiger partial charge in [-0.2, -0.15) is 0 Å². The first-order valence-corrected chi connectivity index (χ1v) is 17.6. The average molecular weight is 620 g/mol. The third kappa shape index (κ3) is 4.37. The Morgan fingerprint density at radius 1 is 0.375 bits per heavy atom. The van der Waals surface area contributed by atoms with E-state index in [0.29, 0.717) is 17.8 Å². The molecule has 0 bridgehead atoms. The maximum absolute atomic E-state index is 2.55. The monoisotopic (exact) mass is 619 g/mol. The fraction of sp³-hybridized carbons (Fsp3) is 0.191. The minimum Gasteiger partial charge on any atom is -0.308 e. The molecule has 0 N–H and O–H groups in total. The zero-order valence-electron chi connectivity index (χ0n) is 28.7. The van der Waals surface area contributed by atoms with Crippen LogP contribution in [-0.2, 0) is 0 Å². The van der Waals surface area contributed by atoms with Crippen molar-refractivity contribution < 1.29 is 0 Å². The van der Waals surface area contributed by atoms with Crippen LogP contribution in [0.4, 0.5) is 0 Å². The highest BCUT2D eigenvalue weighted by Gasteiger charge is 2.22. The Kier molecular flexibility index (Phi) is 6.47. The fourth-order valence-electron chi connectivity index (χ4n) is 7.97. The van der Waals surface area contributed by atoms with Gasteiger partial charge in [0.25, 0.3) is 0 Å². The maximum atomic E-state index is 2.55. The SMILES string of the molecule is CC(C)c1ccc(-c2ccccc2)c(-c2cc3c4cc5cc(C(C)C)ccc5cc4n4c5cc6ccc(C(C)C)cc6cc5c(c2)c34)c1. The van der Waals surface area contributed by atoms with Crippen LogP contribution in [0.5, 0.6) is 0 Å². The zero-order valence-corrected chi connectivity index (χ0v) is 28.7. The van der Waals surface area contributed by atoms with Crippen molar-refractivity contribution in [3.63, 3.8) is 0 Å². The van der Waals surface area contributed by atoms with Gasteiger partial charge in [-0.1, -0.05) is 126 Å². The van der Waals surface area contributed by atoms with Gasteiger partial charge < -0.3 is 4.40 Å². The van der Waals surface area contributed by atoms with Crippen LogP contribution in [0.2, 0.25) is 0 Å². The molecule has 0 amide bonds. The van der Waals surface area contributed by atoms with Gasteiger partial charge in [0.2, 0.25) is 0 Å². The lowest BCUT2D eigenvalue weighted by molar-refractivity contribution is 0.867. The Bertz CT molecular complexity index is 2550. The van der Waals surface area contributed by atoms with Crippen molar-refractivity contribution in [2.24, 2.45) is 0 Å². The van der Waals surface area contributed by atoms with Gasteiger partial charge in [0.15, 0.2) is 0 Å². The topological polar surface area (TPSA) is 4.41 Å². The largest absolute Gasteiger partial charge is 0.308 e. The molecule has 0 atom stereocenters. The van der Waals surface area contributed by atoms with E-state index in [-0.39, 0.29) is 0 Å². The number of aromatic nitrogens is 1. The second kappa shape index (κ2) is 10.7. The molecule has 0 saturated carbocycles.